The van der Waals surface area contributed by atoms with Crippen LogP contribution >= 0.6 is 0 Å². The molecule has 1 aromatic heterocycles. The number of aromatic nitrogens is 2. The number of hydrogen-bond acceptors (Lipinski definition) is 2. The number of nitrogens with zero attached hydrogens (tertiary/aromatic N) is 1. The Morgan fingerprint density at radius 1 is 1.28 bits per heavy atom. The van der Waals surface area contributed by atoms with Crippen molar-refractivity contribution in [2.75, 3.05) is 6.54 Å². The van der Waals surface area contributed by atoms with E-state index in [1.807, 2.05) is 6.20 Å². The smallest absolute Gasteiger partial charge is 0.114 e. The van der Waals surface area contributed by atoms with E-state index in [0.29, 0.717) is 6.54 Å². The maximum atomic E-state index is 5.83. The molecule has 0 amide bonds. The zero-order chi connectivity index (χ0) is 12.8. The lowest BCUT2D eigenvalue weighted by molar-refractivity contribution is 0.659. The molecule has 0 atom stereocenters. The van der Waals surface area contributed by atoms with Crippen molar-refractivity contribution in [1.29, 1.82) is 0 Å². The largest absolute Gasteiger partial charge is 0.342 e. The summed E-state index contributed by atoms with van der Waals surface area (Å²) in [7, 11) is 0. The van der Waals surface area contributed by atoms with Crippen LogP contribution < -0.4 is 5.73 Å². The topological polar surface area (TPSA) is 54.7 Å². The molecule has 0 aliphatic heterocycles. The number of hydrogen-bond donors (Lipinski definition) is 2. The van der Waals surface area contributed by atoms with Gasteiger partial charge >= 0.3 is 0 Å². The molecule has 1 aromatic carbocycles. The molecule has 0 unspecified atom stereocenters. The van der Waals surface area contributed by atoms with Gasteiger partial charge in [-0.25, -0.2) is 4.98 Å². The van der Waals surface area contributed by atoms with Gasteiger partial charge in [-0.15, -0.1) is 0 Å². The molecule has 1 fully saturated rings. The molecule has 1 saturated carbocycles. The molecule has 1 aliphatic carbocycles. The monoisotopic (exact) mass is 241 g/mol. The fraction of sp³-hybridized carbons (Fsp3) is 0.400. The predicted octanol–water partition coefficient (Wildman–Crippen LogP) is 2.68. The highest BCUT2D eigenvalue weighted by Crippen LogP contribution is 2.46. The van der Waals surface area contributed by atoms with E-state index in [0.717, 1.165) is 24.4 Å². The third-order valence-electron chi connectivity index (χ3n) is 4.14. The molecule has 18 heavy (non-hydrogen) atoms. The maximum Gasteiger partial charge on any atom is 0.114 e. The molecule has 3 heteroatoms. The molecule has 2 aromatic rings. The van der Waals surface area contributed by atoms with E-state index < -0.39 is 0 Å². The molecular weight excluding hydrogens is 222 g/mol. The summed E-state index contributed by atoms with van der Waals surface area (Å²) in [6, 6.07) is 6.50. The predicted molar refractivity (Wildman–Crippen MR) is 73.5 cm³/mol. The van der Waals surface area contributed by atoms with Crippen molar-refractivity contribution < 1.29 is 0 Å². The van der Waals surface area contributed by atoms with Crippen LogP contribution in [0.3, 0.4) is 0 Å². The van der Waals surface area contributed by atoms with E-state index in [1.165, 1.54) is 16.7 Å². The van der Waals surface area contributed by atoms with Crippen LogP contribution in [0, 0.1) is 13.8 Å². The summed E-state index contributed by atoms with van der Waals surface area (Å²) in [6.45, 7) is 4.95. The summed E-state index contributed by atoms with van der Waals surface area (Å²) in [6.07, 6.45) is 4.24. The van der Waals surface area contributed by atoms with Crippen LogP contribution in [-0.4, -0.2) is 16.5 Å². The first-order chi connectivity index (χ1) is 8.64. The SMILES string of the molecule is Cc1ccc(-c2cnc(C3(CN)CC3)[nH]2)cc1C. The number of aromatic amines is 1. The molecule has 3 rings (SSSR count). The van der Waals surface area contributed by atoms with Crippen molar-refractivity contribution in [3.05, 3.63) is 41.3 Å². The third kappa shape index (κ3) is 1.75. The fourth-order valence-electron chi connectivity index (χ4n) is 2.33. The average molecular weight is 241 g/mol. The quantitative estimate of drug-likeness (QED) is 0.868. The Bertz CT molecular complexity index is 579. The summed E-state index contributed by atoms with van der Waals surface area (Å²) >= 11 is 0. The van der Waals surface area contributed by atoms with Gasteiger partial charge in [0.15, 0.2) is 0 Å². The number of H-pyrrole nitrogens is 1. The summed E-state index contributed by atoms with van der Waals surface area (Å²) in [5.41, 5.74) is 10.9. The van der Waals surface area contributed by atoms with Crippen LogP contribution in [0.4, 0.5) is 0 Å². The van der Waals surface area contributed by atoms with E-state index in [9.17, 15) is 0 Å². The number of nitrogens with one attached hydrogen (secondary N) is 1. The minimum absolute atomic E-state index is 0.137. The first kappa shape index (κ1) is 11.5. The van der Waals surface area contributed by atoms with Gasteiger partial charge in [-0.2, -0.15) is 0 Å². The highest BCUT2D eigenvalue weighted by atomic mass is 15.0. The first-order valence-electron chi connectivity index (χ1n) is 6.48. The van der Waals surface area contributed by atoms with Crippen molar-refractivity contribution in [3.63, 3.8) is 0 Å². The molecule has 3 nitrogen and oxygen atoms in total. The van der Waals surface area contributed by atoms with Gasteiger partial charge in [0, 0.05) is 12.0 Å². The number of nitrogens with two attached hydrogens (primary N) is 1. The maximum absolute atomic E-state index is 5.83. The van der Waals surface area contributed by atoms with Crippen LogP contribution in [-0.2, 0) is 5.41 Å². The van der Waals surface area contributed by atoms with Crippen LogP contribution in [0.25, 0.3) is 11.3 Å². The Morgan fingerprint density at radius 3 is 2.67 bits per heavy atom. The average Bonchev–Trinajstić information content (AvgIpc) is 3.02. The van der Waals surface area contributed by atoms with Gasteiger partial charge in [0.2, 0.25) is 0 Å². The zero-order valence-corrected chi connectivity index (χ0v) is 11.0. The Hall–Kier alpha value is -1.61. The second kappa shape index (κ2) is 3.95. The van der Waals surface area contributed by atoms with Gasteiger partial charge < -0.3 is 10.7 Å². The number of imidazole rings is 1. The Labute approximate surface area is 107 Å². The van der Waals surface area contributed by atoms with Crippen molar-refractivity contribution in [2.24, 2.45) is 5.73 Å². The van der Waals surface area contributed by atoms with Gasteiger partial charge in [0.25, 0.3) is 0 Å². The van der Waals surface area contributed by atoms with E-state index >= 15 is 0 Å². The van der Waals surface area contributed by atoms with Gasteiger partial charge in [0.05, 0.1) is 11.9 Å². The van der Waals surface area contributed by atoms with Crippen LogP contribution in [0.2, 0.25) is 0 Å². The molecule has 94 valence electrons. The standard InChI is InChI=1S/C15H19N3/c1-10-3-4-12(7-11(10)2)13-8-17-14(18-13)15(9-16)5-6-15/h3-4,7-8H,5-6,9,16H2,1-2H3,(H,17,18). The molecule has 0 bridgehead atoms. The molecule has 0 radical (unpaired) electrons. The van der Waals surface area contributed by atoms with Crippen molar-refractivity contribution >= 4 is 0 Å². The normalized spacial score (nSPS) is 16.8. The van der Waals surface area contributed by atoms with Crippen molar-refractivity contribution in [3.8, 4) is 11.3 Å². The minimum Gasteiger partial charge on any atom is -0.342 e. The lowest BCUT2D eigenvalue weighted by Crippen LogP contribution is -2.21. The van der Waals surface area contributed by atoms with Crippen molar-refractivity contribution in [2.45, 2.75) is 32.1 Å². The highest BCUT2D eigenvalue weighted by molar-refractivity contribution is 5.60. The summed E-state index contributed by atoms with van der Waals surface area (Å²) in [5, 5.41) is 0. The lowest BCUT2D eigenvalue weighted by atomic mass is 10.0. The van der Waals surface area contributed by atoms with Crippen LogP contribution in [0.5, 0.6) is 0 Å². The van der Waals surface area contributed by atoms with E-state index in [-0.39, 0.29) is 5.41 Å². The van der Waals surface area contributed by atoms with E-state index in [4.69, 9.17) is 5.73 Å². The Kier molecular flexibility index (Phi) is 2.52. The Balaban J connectivity index is 1.95. The highest BCUT2D eigenvalue weighted by Gasteiger charge is 2.45. The number of rotatable bonds is 3. The lowest BCUT2D eigenvalue weighted by Gasteiger charge is -2.08. The third-order valence-corrected chi connectivity index (χ3v) is 4.14. The van der Waals surface area contributed by atoms with Gasteiger partial charge in [-0.1, -0.05) is 12.1 Å². The van der Waals surface area contributed by atoms with Gasteiger partial charge in [-0.05, 0) is 49.4 Å². The van der Waals surface area contributed by atoms with E-state index in [2.05, 4.69) is 42.0 Å². The van der Waals surface area contributed by atoms with Gasteiger partial charge in [0.1, 0.15) is 5.82 Å². The molecule has 3 N–H and O–H groups in total. The molecular formula is C15H19N3. The Morgan fingerprint density at radius 2 is 2.06 bits per heavy atom. The zero-order valence-electron chi connectivity index (χ0n) is 11.0. The van der Waals surface area contributed by atoms with Gasteiger partial charge in [-0.3, -0.25) is 0 Å². The summed E-state index contributed by atoms with van der Waals surface area (Å²) in [4.78, 5) is 7.95. The summed E-state index contributed by atoms with van der Waals surface area (Å²) in [5.74, 6) is 1.05. The number of benzene rings is 1. The second-order valence-electron chi connectivity index (χ2n) is 5.43. The van der Waals surface area contributed by atoms with E-state index in [1.54, 1.807) is 0 Å². The van der Waals surface area contributed by atoms with Crippen LogP contribution in [0.15, 0.2) is 24.4 Å². The molecule has 0 saturated heterocycles. The molecule has 1 aliphatic rings. The second-order valence-corrected chi connectivity index (χ2v) is 5.43. The molecule has 1 heterocycles. The van der Waals surface area contributed by atoms with Crippen molar-refractivity contribution in [1.82, 2.24) is 9.97 Å². The number of aryl methyl sites for hydroxylation is 2. The first-order valence-corrected chi connectivity index (χ1v) is 6.48. The fourth-order valence-corrected chi connectivity index (χ4v) is 2.33. The molecule has 0 spiro atoms. The summed E-state index contributed by atoms with van der Waals surface area (Å²) < 4.78 is 0. The minimum atomic E-state index is 0.137. The van der Waals surface area contributed by atoms with Crippen LogP contribution in [0.1, 0.15) is 29.8 Å².